The van der Waals surface area contributed by atoms with E-state index in [9.17, 15) is 9.59 Å². The number of likely N-dealkylation sites (N-methyl/N-ethyl adjacent to an activating group) is 1. The Kier molecular flexibility index (Phi) is 6.72. The van der Waals surface area contributed by atoms with Crippen LogP contribution >= 0.6 is 0 Å². The van der Waals surface area contributed by atoms with Crippen molar-refractivity contribution >= 4 is 11.8 Å². The molecule has 0 aromatic heterocycles. The zero-order valence-corrected chi connectivity index (χ0v) is 10.8. The first-order chi connectivity index (χ1) is 7.34. The maximum Gasteiger partial charge on any atom is 0.238 e. The fourth-order valence-corrected chi connectivity index (χ4v) is 1.27. The van der Waals surface area contributed by atoms with Crippen LogP contribution in [-0.4, -0.2) is 49.4 Å². The average molecular weight is 229 g/mol. The summed E-state index contributed by atoms with van der Waals surface area (Å²) in [7, 11) is 3.43. The number of hydrogen-bond acceptors (Lipinski definition) is 3. The number of carbonyl (C=O) groups is 2. The van der Waals surface area contributed by atoms with E-state index in [-0.39, 0.29) is 23.9 Å². The first-order valence-electron chi connectivity index (χ1n) is 5.58. The first kappa shape index (κ1) is 14.9. The minimum atomic E-state index is -0.248. The number of hydrogen-bond donors (Lipinski definition) is 2. The highest BCUT2D eigenvalue weighted by atomic mass is 16.2. The van der Waals surface area contributed by atoms with E-state index in [1.54, 1.807) is 21.0 Å². The molecular weight excluding hydrogens is 206 g/mol. The highest BCUT2D eigenvalue weighted by molar-refractivity contribution is 5.81. The summed E-state index contributed by atoms with van der Waals surface area (Å²) in [6, 6.07) is -0.0878. The molecule has 94 valence electrons. The molecular formula is C11H23N3O2. The van der Waals surface area contributed by atoms with Crippen LogP contribution in [0.2, 0.25) is 0 Å². The molecule has 5 heteroatoms. The smallest absolute Gasteiger partial charge is 0.238 e. The molecule has 5 nitrogen and oxygen atoms in total. The second-order valence-corrected chi connectivity index (χ2v) is 4.38. The lowest BCUT2D eigenvalue weighted by Crippen LogP contribution is -2.43. The van der Waals surface area contributed by atoms with Gasteiger partial charge in [-0.2, -0.15) is 0 Å². The summed E-state index contributed by atoms with van der Waals surface area (Å²) in [6.45, 7) is 6.15. The zero-order chi connectivity index (χ0) is 12.7. The fourth-order valence-electron chi connectivity index (χ4n) is 1.27. The van der Waals surface area contributed by atoms with Crippen LogP contribution in [-0.2, 0) is 9.59 Å². The van der Waals surface area contributed by atoms with E-state index in [4.69, 9.17) is 0 Å². The molecule has 0 aromatic rings. The van der Waals surface area contributed by atoms with E-state index in [1.165, 1.54) is 4.90 Å². The van der Waals surface area contributed by atoms with Gasteiger partial charge in [0.25, 0.3) is 0 Å². The van der Waals surface area contributed by atoms with Crippen molar-refractivity contribution in [1.82, 2.24) is 15.5 Å². The van der Waals surface area contributed by atoms with Gasteiger partial charge in [-0.3, -0.25) is 9.59 Å². The van der Waals surface area contributed by atoms with Gasteiger partial charge in [0.2, 0.25) is 11.8 Å². The minimum absolute atomic E-state index is 0.00648. The summed E-state index contributed by atoms with van der Waals surface area (Å²) >= 11 is 0. The van der Waals surface area contributed by atoms with Gasteiger partial charge in [-0.25, -0.2) is 0 Å². The summed E-state index contributed by atoms with van der Waals surface area (Å²) in [4.78, 5) is 24.3. The van der Waals surface area contributed by atoms with Crippen LogP contribution in [0.1, 0.15) is 27.2 Å². The zero-order valence-electron chi connectivity index (χ0n) is 10.8. The molecule has 0 aliphatic carbocycles. The molecule has 0 heterocycles. The molecule has 0 fully saturated rings. The summed E-state index contributed by atoms with van der Waals surface area (Å²) in [5.74, 6) is 0.0243. The molecule has 0 aliphatic heterocycles. The molecule has 2 amide bonds. The van der Waals surface area contributed by atoms with Gasteiger partial charge in [-0.1, -0.05) is 0 Å². The third kappa shape index (κ3) is 6.40. The molecule has 0 aliphatic rings. The molecule has 0 rings (SSSR count). The second kappa shape index (κ2) is 7.22. The van der Waals surface area contributed by atoms with Crippen molar-refractivity contribution in [2.45, 2.75) is 39.3 Å². The first-order valence-corrected chi connectivity index (χ1v) is 5.58. The third-order valence-corrected chi connectivity index (χ3v) is 2.06. The van der Waals surface area contributed by atoms with Gasteiger partial charge in [0, 0.05) is 33.1 Å². The Morgan fingerprint density at radius 1 is 1.19 bits per heavy atom. The molecule has 2 N–H and O–H groups in total. The van der Waals surface area contributed by atoms with Crippen LogP contribution in [0.15, 0.2) is 0 Å². The number of nitrogens with one attached hydrogen (secondary N) is 2. The quantitative estimate of drug-likeness (QED) is 0.672. The Morgan fingerprint density at radius 3 is 2.19 bits per heavy atom. The van der Waals surface area contributed by atoms with Crippen LogP contribution in [0, 0.1) is 0 Å². The summed E-state index contributed by atoms with van der Waals surface area (Å²) in [5.41, 5.74) is 0. The van der Waals surface area contributed by atoms with Crippen molar-refractivity contribution in [2.24, 2.45) is 0 Å². The van der Waals surface area contributed by atoms with Crippen LogP contribution in [0.3, 0.4) is 0 Å². The monoisotopic (exact) mass is 229 g/mol. The highest BCUT2D eigenvalue weighted by Gasteiger charge is 2.14. The van der Waals surface area contributed by atoms with Gasteiger partial charge in [0.05, 0.1) is 6.04 Å². The largest absolute Gasteiger partial charge is 0.354 e. The lowest BCUT2D eigenvalue weighted by Gasteiger charge is -2.18. The van der Waals surface area contributed by atoms with E-state index in [1.807, 2.05) is 13.8 Å². The Morgan fingerprint density at radius 2 is 1.75 bits per heavy atom. The molecule has 0 saturated heterocycles. The van der Waals surface area contributed by atoms with Crippen LogP contribution < -0.4 is 10.6 Å². The number of amides is 2. The Bertz CT molecular complexity index is 239. The van der Waals surface area contributed by atoms with E-state index in [0.29, 0.717) is 13.0 Å². The maximum absolute atomic E-state index is 11.5. The van der Waals surface area contributed by atoms with Crippen molar-refractivity contribution in [1.29, 1.82) is 0 Å². The number of rotatable bonds is 6. The summed E-state index contributed by atoms with van der Waals surface area (Å²) in [6.07, 6.45) is 0.392. The lowest BCUT2D eigenvalue weighted by atomic mass is 10.2. The van der Waals surface area contributed by atoms with E-state index in [2.05, 4.69) is 10.6 Å². The van der Waals surface area contributed by atoms with E-state index >= 15 is 0 Å². The Hall–Kier alpha value is -1.10. The number of carbonyl (C=O) groups excluding carboxylic acids is 2. The van der Waals surface area contributed by atoms with Crippen LogP contribution in [0.25, 0.3) is 0 Å². The Balaban J connectivity index is 3.74. The van der Waals surface area contributed by atoms with Crippen molar-refractivity contribution in [2.75, 3.05) is 20.6 Å². The van der Waals surface area contributed by atoms with Crippen LogP contribution in [0.5, 0.6) is 0 Å². The standard InChI is InChI=1S/C11H23N3O2/c1-8(2)13-10(15)6-7-12-9(3)11(16)14(4)5/h8-9,12H,6-7H2,1-5H3,(H,13,15). The van der Waals surface area contributed by atoms with Crippen molar-refractivity contribution < 1.29 is 9.59 Å². The second-order valence-electron chi connectivity index (χ2n) is 4.38. The highest BCUT2D eigenvalue weighted by Crippen LogP contribution is 1.89. The maximum atomic E-state index is 11.5. The molecule has 0 aromatic carbocycles. The minimum Gasteiger partial charge on any atom is -0.354 e. The van der Waals surface area contributed by atoms with Gasteiger partial charge < -0.3 is 15.5 Å². The van der Waals surface area contributed by atoms with Crippen molar-refractivity contribution in [3.8, 4) is 0 Å². The summed E-state index contributed by atoms with van der Waals surface area (Å²) in [5, 5.41) is 5.81. The van der Waals surface area contributed by atoms with Gasteiger partial charge in [-0.15, -0.1) is 0 Å². The summed E-state index contributed by atoms with van der Waals surface area (Å²) < 4.78 is 0. The third-order valence-electron chi connectivity index (χ3n) is 2.06. The molecule has 0 saturated carbocycles. The van der Waals surface area contributed by atoms with E-state index < -0.39 is 0 Å². The predicted molar refractivity (Wildman–Crippen MR) is 64.1 cm³/mol. The molecule has 16 heavy (non-hydrogen) atoms. The molecule has 0 bridgehead atoms. The Labute approximate surface area is 97.6 Å². The molecule has 0 spiro atoms. The van der Waals surface area contributed by atoms with Crippen molar-refractivity contribution in [3.05, 3.63) is 0 Å². The van der Waals surface area contributed by atoms with Crippen LogP contribution in [0.4, 0.5) is 0 Å². The van der Waals surface area contributed by atoms with Gasteiger partial charge in [0.1, 0.15) is 0 Å². The van der Waals surface area contributed by atoms with Gasteiger partial charge in [-0.05, 0) is 20.8 Å². The lowest BCUT2D eigenvalue weighted by molar-refractivity contribution is -0.130. The van der Waals surface area contributed by atoms with Gasteiger partial charge in [0.15, 0.2) is 0 Å². The van der Waals surface area contributed by atoms with E-state index in [0.717, 1.165) is 0 Å². The molecule has 0 radical (unpaired) electrons. The predicted octanol–water partition coefficient (Wildman–Crippen LogP) is -0.0326. The topological polar surface area (TPSA) is 61.4 Å². The molecule has 1 atom stereocenters. The molecule has 1 unspecified atom stereocenters. The normalized spacial score (nSPS) is 12.4. The average Bonchev–Trinajstić information content (AvgIpc) is 2.14. The SMILES string of the molecule is CC(C)NC(=O)CCNC(C)C(=O)N(C)C. The number of nitrogens with zero attached hydrogens (tertiary/aromatic N) is 1. The fraction of sp³-hybridized carbons (Fsp3) is 0.818. The van der Waals surface area contributed by atoms with Crippen molar-refractivity contribution in [3.63, 3.8) is 0 Å². The van der Waals surface area contributed by atoms with Gasteiger partial charge >= 0.3 is 0 Å².